The summed E-state index contributed by atoms with van der Waals surface area (Å²) in [6, 6.07) is 9.69. The summed E-state index contributed by atoms with van der Waals surface area (Å²) < 4.78 is 5.03. The molecule has 1 rings (SSSR count). The lowest BCUT2D eigenvalue weighted by atomic mass is 10.0. The number of carbonyl (C=O) groups excluding carboxylic acids is 1. The predicted molar refractivity (Wildman–Crippen MR) is 56.7 cm³/mol. The van der Waals surface area contributed by atoms with Crippen molar-refractivity contribution in [2.45, 2.75) is 20.0 Å². The monoisotopic (exact) mass is 190 g/mol. The van der Waals surface area contributed by atoms with Gasteiger partial charge in [-0.25, -0.2) is 0 Å². The molecule has 0 saturated heterocycles. The van der Waals surface area contributed by atoms with Crippen molar-refractivity contribution in [1.29, 1.82) is 0 Å². The van der Waals surface area contributed by atoms with E-state index in [0.29, 0.717) is 0 Å². The third-order valence-electron chi connectivity index (χ3n) is 1.98. The fourth-order valence-electron chi connectivity index (χ4n) is 1.21. The molecule has 0 heterocycles. The minimum absolute atomic E-state index is 0.269. The van der Waals surface area contributed by atoms with Crippen LogP contribution in [0.3, 0.4) is 0 Å². The summed E-state index contributed by atoms with van der Waals surface area (Å²) in [5.41, 5.74) is 1.82. The van der Waals surface area contributed by atoms with Crippen LogP contribution in [0.15, 0.2) is 36.9 Å². The second-order valence-electron chi connectivity index (χ2n) is 3.14. The molecule has 0 aliphatic heterocycles. The van der Waals surface area contributed by atoms with E-state index < -0.39 is 0 Å². The lowest BCUT2D eigenvalue weighted by Crippen LogP contribution is -2.13. The van der Waals surface area contributed by atoms with Gasteiger partial charge in [-0.3, -0.25) is 4.79 Å². The number of esters is 1. The van der Waals surface area contributed by atoms with Crippen molar-refractivity contribution in [3.63, 3.8) is 0 Å². The lowest BCUT2D eigenvalue weighted by Gasteiger charge is -2.14. The molecule has 0 N–H and O–H groups in total. The second-order valence-corrected chi connectivity index (χ2v) is 3.14. The molecule has 14 heavy (non-hydrogen) atoms. The van der Waals surface area contributed by atoms with Gasteiger partial charge in [0.2, 0.25) is 0 Å². The Hall–Kier alpha value is -1.57. The highest BCUT2D eigenvalue weighted by Crippen LogP contribution is 2.17. The molecular formula is C12H14O2. The Morgan fingerprint density at radius 3 is 2.43 bits per heavy atom. The van der Waals surface area contributed by atoms with Crippen molar-refractivity contribution in [2.75, 3.05) is 0 Å². The summed E-state index contributed by atoms with van der Waals surface area (Å²) in [7, 11) is 0. The highest BCUT2D eigenvalue weighted by atomic mass is 16.5. The van der Waals surface area contributed by atoms with Gasteiger partial charge in [0, 0.05) is 6.92 Å². The Kier molecular flexibility index (Phi) is 3.46. The molecular weight excluding hydrogens is 176 g/mol. The first-order chi connectivity index (χ1) is 6.61. The summed E-state index contributed by atoms with van der Waals surface area (Å²) in [5.74, 6) is -0.283. The first-order valence-electron chi connectivity index (χ1n) is 4.52. The minimum atomic E-state index is -0.283. The van der Waals surface area contributed by atoms with Crippen LogP contribution in [0.2, 0.25) is 0 Å². The molecule has 1 aromatic carbocycles. The van der Waals surface area contributed by atoms with Crippen molar-refractivity contribution in [3.05, 3.63) is 42.5 Å². The normalized spacial score (nSPS) is 11.9. The van der Waals surface area contributed by atoms with Gasteiger partial charge in [-0.1, -0.05) is 36.9 Å². The van der Waals surface area contributed by atoms with Crippen LogP contribution in [-0.2, 0) is 9.53 Å². The van der Waals surface area contributed by atoms with E-state index in [1.54, 1.807) is 0 Å². The predicted octanol–water partition coefficient (Wildman–Crippen LogP) is 2.65. The van der Waals surface area contributed by atoms with Crippen LogP contribution >= 0.6 is 0 Å². The van der Waals surface area contributed by atoms with Crippen molar-refractivity contribution in [3.8, 4) is 0 Å². The number of hydrogen-bond acceptors (Lipinski definition) is 2. The van der Waals surface area contributed by atoms with Crippen LogP contribution in [0.25, 0.3) is 5.57 Å². The molecule has 1 aromatic rings. The molecule has 0 aliphatic rings. The molecule has 0 unspecified atom stereocenters. The standard InChI is InChI=1S/C12H14O2/c1-9(10(2)14-11(3)13)12-7-5-4-6-8-12/h4-8,10H,1H2,2-3H3/t10-/m0/s1. The summed E-state index contributed by atoms with van der Waals surface area (Å²) in [6.07, 6.45) is -0.269. The lowest BCUT2D eigenvalue weighted by molar-refractivity contribution is -0.142. The van der Waals surface area contributed by atoms with Gasteiger partial charge in [0.05, 0.1) is 0 Å². The third kappa shape index (κ3) is 2.73. The molecule has 0 bridgehead atoms. The Labute approximate surface area is 84.2 Å². The Balaban J connectivity index is 2.71. The van der Waals surface area contributed by atoms with E-state index in [0.717, 1.165) is 11.1 Å². The maximum Gasteiger partial charge on any atom is 0.303 e. The quantitative estimate of drug-likeness (QED) is 0.685. The summed E-state index contributed by atoms with van der Waals surface area (Å²) in [6.45, 7) is 7.11. The van der Waals surface area contributed by atoms with E-state index in [4.69, 9.17) is 4.74 Å². The van der Waals surface area contributed by atoms with Crippen LogP contribution < -0.4 is 0 Å². The average Bonchev–Trinajstić information content (AvgIpc) is 2.17. The number of rotatable bonds is 3. The van der Waals surface area contributed by atoms with Crippen molar-refractivity contribution in [2.24, 2.45) is 0 Å². The highest BCUT2D eigenvalue weighted by Gasteiger charge is 2.10. The van der Waals surface area contributed by atoms with E-state index >= 15 is 0 Å². The van der Waals surface area contributed by atoms with Gasteiger partial charge >= 0.3 is 5.97 Å². The molecule has 0 aromatic heterocycles. The highest BCUT2D eigenvalue weighted by molar-refractivity contribution is 5.72. The Morgan fingerprint density at radius 2 is 1.93 bits per heavy atom. The smallest absolute Gasteiger partial charge is 0.303 e. The molecule has 0 amide bonds. The molecule has 0 spiro atoms. The Bertz CT molecular complexity index is 327. The Morgan fingerprint density at radius 1 is 1.36 bits per heavy atom. The number of benzene rings is 1. The van der Waals surface area contributed by atoms with Crippen LogP contribution in [0.4, 0.5) is 0 Å². The van der Waals surface area contributed by atoms with Crippen LogP contribution in [-0.4, -0.2) is 12.1 Å². The number of carbonyl (C=O) groups is 1. The molecule has 0 aliphatic carbocycles. The van der Waals surface area contributed by atoms with Gasteiger partial charge in [-0.2, -0.15) is 0 Å². The summed E-state index contributed by atoms with van der Waals surface area (Å²) in [5, 5.41) is 0. The molecule has 2 heteroatoms. The number of hydrogen-bond donors (Lipinski definition) is 0. The zero-order valence-electron chi connectivity index (χ0n) is 8.49. The van der Waals surface area contributed by atoms with Gasteiger partial charge in [0.15, 0.2) is 0 Å². The van der Waals surface area contributed by atoms with E-state index in [1.165, 1.54) is 6.92 Å². The maximum atomic E-state index is 10.7. The molecule has 74 valence electrons. The topological polar surface area (TPSA) is 26.3 Å². The summed E-state index contributed by atoms with van der Waals surface area (Å²) >= 11 is 0. The van der Waals surface area contributed by atoms with E-state index in [1.807, 2.05) is 37.3 Å². The maximum absolute atomic E-state index is 10.7. The van der Waals surface area contributed by atoms with Crippen molar-refractivity contribution >= 4 is 11.5 Å². The van der Waals surface area contributed by atoms with Crippen LogP contribution in [0.5, 0.6) is 0 Å². The van der Waals surface area contributed by atoms with E-state index in [9.17, 15) is 4.79 Å². The molecule has 1 atom stereocenters. The van der Waals surface area contributed by atoms with Gasteiger partial charge in [0.25, 0.3) is 0 Å². The van der Waals surface area contributed by atoms with Gasteiger partial charge < -0.3 is 4.74 Å². The van der Waals surface area contributed by atoms with Crippen molar-refractivity contribution < 1.29 is 9.53 Å². The average molecular weight is 190 g/mol. The fraction of sp³-hybridized carbons (Fsp3) is 0.250. The number of ether oxygens (including phenoxy) is 1. The molecule has 0 radical (unpaired) electrons. The second kappa shape index (κ2) is 4.61. The van der Waals surface area contributed by atoms with E-state index in [-0.39, 0.29) is 12.1 Å². The van der Waals surface area contributed by atoms with Gasteiger partial charge in [-0.15, -0.1) is 0 Å². The third-order valence-corrected chi connectivity index (χ3v) is 1.98. The molecule has 2 nitrogen and oxygen atoms in total. The molecule has 0 fully saturated rings. The first-order valence-corrected chi connectivity index (χ1v) is 4.52. The van der Waals surface area contributed by atoms with Gasteiger partial charge in [0.1, 0.15) is 6.10 Å². The van der Waals surface area contributed by atoms with Crippen LogP contribution in [0, 0.1) is 0 Å². The zero-order valence-corrected chi connectivity index (χ0v) is 8.49. The molecule has 0 saturated carbocycles. The zero-order chi connectivity index (χ0) is 10.6. The van der Waals surface area contributed by atoms with E-state index in [2.05, 4.69) is 6.58 Å². The summed E-state index contributed by atoms with van der Waals surface area (Å²) in [4.78, 5) is 10.7. The SMILES string of the molecule is C=C(c1ccccc1)[C@H](C)OC(C)=O. The van der Waals surface area contributed by atoms with Crippen LogP contribution in [0.1, 0.15) is 19.4 Å². The largest absolute Gasteiger partial charge is 0.458 e. The first kappa shape index (κ1) is 10.5. The fourth-order valence-corrected chi connectivity index (χ4v) is 1.21. The van der Waals surface area contributed by atoms with Gasteiger partial charge in [-0.05, 0) is 18.1 Å². The van der Waals surface area contributed by atoms with Crippen molar-refractivity contribution in [1.82, 2.24) is 0 Å². The minimum Gasteiger partial charge on any atom is -0.458 e.